The number of hydrogen-bond donors (Lipinski definition) is 2. The second-order valence-corrected chi connectivity index (χ2v) is 4.37. The van der Waals surface area contributed by atoms with Gasteiger partial charge in [0.2, 0.25) is 0 Å². The van der Waals surface area contributed by atoms with E-state index in [2.05, 4.69) is 21.2 Å². The number of nitrogens with two attached hydrogens (primary N) is 1. The normalized spacial score (nSPS) is 9.87. The lowest BCUT2D eigenvalue weighted by molar-refractivity contribution is 0.622. The Morgan fingerprint density at radius 1 is 1.53 bits per heavy atom. The Hall–Kier alpha value is -1.03. The third kappa shape index (κ3) is 3.55. The number of nitrogen functional groups attached to an aromatic ring is 1. The molecule has 0 amide bonds. The van der Waals surface area contributed by atoms with E-state index >= 15 is 0 Å². The number of anilines is 2. The lowest BCUT2D eigenvalue weighted by Crippen LogP contribution is -2.03. The minimum atomic E-state index is -0.347. The molecule has 0 aromatic heterocycles. The third-order valence-corrected chi connectivity index (χ3v) is 2.50. The van der Waals surface area contributed by atoms with E-state index in [1.807, 2.05) is 19.9 Å². The van der Waals surface area contributed by atoms with Gasteiger partial charge in [0, 0.05) is 12.6 Å². The van der Waals surface area contributed by atoms with Crippen LogP contribution in [0.4, 0.5) is 15.8 Å². The van der Waals surface area contributed by atoms with Crippen molar-refractivity contribution in [1.29, 1.82) is 0 Å². The third-order valence-electron chi connectivity index (χ3n) is 1.90. The molecule has 1 aromatic rings. The SMILES string of the molecule is CC(C)=CCNc1cc(Br)c(F)cc1N. The van der Waals surface area contributed by atoms with Gasteiger partial charge in [0.05, 0.1) is 15.8 Å². The van der Waals surface area contributed by atoms with Gasteiger partial charge in [-0.1, -0.05) is 11.6 Å². The van der Waals surface area contributed by atoms with Crippen LogP contribution in [0.15, 0.2) is 28.3 Å². The number of rotatable bonds is 3. The summed E-state index contributed by atoms with van der Waals surface area (Å²) in [4.78, 5) is 0. The Balaban J connectivity index is 2.77. The summed E-state index contributed by atoms with van der Waals surface area (Å²) in [5.74, 6) is -0.347. The summed E-state index contributed by atoms with van der Waals surface area (Å²) in [6.45, 7) is 4.72. The second-order valence-electron chi connectivity index (χ2n) is 3.52. The Kier molecular flexibility index (Phi) is 4.15. The van der Waals surface area contributed by atoms with Crippen molar-refractivity contribution in [3.05, 3.63) is 34.1 Å². The van der Waals surface area contributed by atoms with Crippen LogP contribution in [0.5, 0.6) is 0 Å². The standard InChI is InChI=1S/C11H14BrFN2/c1-7(2)3-4-15-11-5-8(12)9(13)6-10(11)14/h3,5-6,15H,4,14H2,1-2H3. The molecule has 0 unspecified atom stereocenters. The molecule has 4 heteroatoms. The second kappa shape index (κ2) is 5.16. The van der Waals surface area contributed by atoms with Crippen LogP contribution in [0.3, 0.4) is 0 Å². The molecule has 0 heterocycles. The molecule has 0 atom stereocenters. The first kappa shape index (κ1) is 12.0. The molecule has 0 bridgehead atoms. The van der Waals surface area contributed by atoms with Gasteiger partial charge in [-0.2, -0.15) is 0 Å². The highest BCUT2D eigenvalue weighted by atomic mass is 79.9. The highest BCUT2D eigenvalue weighted by Gasteiger charge is 2.04. The maximum absolute atomic E-state index is 13.0. The molecular formula is C11H14BrFN2. The van der Waals surface area contributed by atoms with Crippen LogP contribution in [0, 0.1) is 5.82 Å². The van der Waals surface area contributed by atoms with Gasteiger partial charge in [0.1, 0.15) is 5.82 Å². The van der Waals surface area contributed by atoms with E-state index in [9.17, 15) is 4.39 Å². The molecule has 0 aliphatic rings. The maximum Gasteiger partial charge on any atom is 0.139 e. The van der Waals surface area contributed by atoms with Crippen LogP contribution in [0.2, 0.25) is 0 Å². The van der Waals surface area contributed by atoms with Crippen LogP contribution in [0.1, 0.15) is 13.8 Å². The van der Waals surface area contributed by atoms with Crippen molar-refractivity contribution >= 4 is 27.3 Å². The molecule has 0 saturated carbocycles. The fourth-order valence-corrected chi connectivity index (χ4v) is 1.42. The summed E-state index contributed by atoms with van der Waals surface area (Å²) in [5, 5.41) is 3.11. The summed E-state index contributed by atoms with van der Waals surface area (Å²) < 4.78 is 13.5. The summed E-state index contributed by atoms with van der Waals surface area (Å²) in [7, 11) is 0. The highest BCUT2D eigenvalue weighted by molar-refractivity contribution is 9.10. The van der Waals surface area contributed by atoms with Crippen LogP contribution in [0.25, 0.3) is 0 Å². The molecule has 0 aliphatic heterocycles. The van der Waals surface area contributed by atoms with Crippen molar-refractivity contribution in [1.82, 2.24) is 0 Å². The fourth-order valence-electron chi connectivity index (χ4n) is 1.08. The zero-order valence-electron chi connectivity index (χ0n) is 8.77. The smallest absolute Gasteiger partial charge is 0.139 e. The topological polar surface area (TPSA) is 38.0 Å². The fraction of sp³-hybridized carbons (Fsp3) is 0.273. The van der Waals surface area contributed by atoms with Gasteiger partial charge in [-0.15, -0.1) is 0 Å². The monoisotopic (exact) mass is 272 g/mol. The van der Waals surface area contributed by atoms with E-state index in [4.69, 9.17) is 5.73 Å². The molecular weight excluding hydrogens is 259 g/mol. The van der Waals surface area contributed by atoms with E-state index in [1.54, 1.807) is 6.07 Å². The average molecular weight is 273 g/mol. The maximum atomic E-state index is 13.0. The summed E-state index contributed by atoms with van der Waals surface area (Å²) in [6.07, 6.45) is 2.04. The zero-order chi connectivity index (χ0) is 11.4. The lowest BCUT2D eigenvalue weighted by Gasteiger charge is -2.08. The van der Waals surface area contributed by atoms with E-state index in [1.165, 1.54) is 11.6 Å². The molecule has 0 saturated heterocycles. The van der Waals surface area contributed by atoms with Crippen molar-refractivity contribution in [2.75, 3.05) is 17.6 Å². The minimum absolute atomic E-state index is 0.347. The van der Waals surface area contributed by atoms with Crippen molar-refractivity contribution in [2.24, 2.45) is 0 Å². The minimum Gasteiger partial charge on any atom is -0.397 e. The van der Waals surface area contributed by atoms with Crippen molar-refractivity contribution in [2.45, 2.75) is 13.8 Å². The molecule has 15 heavy (non-hydrogen) atoms. The molecule has 0 fully saturated rings. The molecule has 1 rings (SSSR count). The van der Waals surface area contributed by atoms with Crippen LogP contribution in [-0.2, 0) is 0 Å². The Morgan fingerprint density at radius 2 is 2.20 bits per heavy atom. The van der Waals surface area contributed by atoms with Crippen LogP contribution in [-0.4, -0.2) is 6.54 Å². The van der Waals surface area contributed by atoms with Gasteiger partial charge in [-0.05, 0) is 35.8 Å². The van der Waals surface area contributed by atoms with Crippen LogP contribution < -0.4 is 11.1 Å². The van der Waals surface area contributed by atoms with E-state index < -0.39 is 0 Å². The summed E-state index contributed by atoms with van der Waals surface area (Å²) in [5.41, 5.74) is 8.04. The molecule has 0 aliphatic carbocycles. The predicted octanol–water partition coefficient (Wildman–Crippen LogP) is 3.55. The quantitative estimate of drug-likeness (QED) is 0.653. The van der Waals surface area contributed by atoms with Gasteiger partial charge in [0.15, 0.2) is 0 Å². The van der Waals surface area contributed by atoms with Crippen molar-refractivity contribution < 1.29 is 4.39 Å². The zero-order valence-corrected chi connectivity index (χ0v) is 10.4. The Morgan fingerprint density at radius 3 is 2.80 bits per heavy atom. The molecule has 82 valence electrons. The summed E-state index contributed by atoms with van der Waals surface area (Å²) in [6, 6.07) is 2.94. The van der Waals surface area contributed by atoms with Gasteiger partial charge >= 0.3 is 0 Å². The molecule has 2 nitrogen and oxygen atoms in total. The first-order valence-electron chi connectivity index (χ1n) is 4.62. The molecule has 0 radical (unpaired) electrons. The van der Waals surface area contributed by atoms with E-state index in [0.717, 1.165) is 5.69 Å². The number of allylic oxidation sites excluding steroid dienone is 1. The van der Waals surface area contributed by atoms with Gasteiger partial charge in [0.25, 0.3) is 0 Å². The van der Waals surface area contributed by atoms with E-state index in [0.29, 0.717) is 16.7 Å². The highest BCUT2D eigenvalue weighted by Crippen LogP contribution is 2.26. The van der Waals surface area contributed by atoms with E-state index in [-0.39, 0.29) is 5.82 Å². The number of halogens is 2. The first-order valence-corrected chi connectivity index (χ1v) is 5.41. The van der Waals surface area contributed by atoms with Gasteiger partial charge < -0.3 is 11.1 Å². The number of hydrogen-bond acceptors (Lipinski definition) is 2. The lowest BCUT2D eigenvalue weighted by atomic mass is 10.2. The van der Waals surface area contributed by atoms with Crippen molar-refractivity contribution in [3.8, 4) is 0 Å². The number of nitrogens with one attached hydrogen (secondary N) is 1. The molecule has 0 spiro atoms. The number of benzene rings is 1. The average Bonchev–Trinajstić information content (AvgIpc) is 2.13. The van der Waals surface area contributed by atoms with Gasteiger partial charge in [-0.3, -0.25) is 0 Å². The van der Waals surface area contributed by atoms with Crippen LogP contribution >= 0.6 is 15.9 Å². The predicted molar refractivity (Wildman–Crippen MR) is 66.4 cm³/mol. The molecule has 3 N–H and O–H groups in total. The van der Waals surface area contributed by atoms with Crippen molar-refractivity contribution in [3.63, 3.8) is 0 Å². The largest absolute Gasteiger partial charge is 0.397 e. The molecule has 1 aromatic carbocycles. The first-order chi connectivity index (χ1) is 7.00. The summed E-state index contributed by atoms with van der Waals surface area (Å²) >= 11 is 3.12. The Bertz CT molecular complexity index is 384. The Labute approximate surface area is 97.5 Å². The van der Waals surface area contributed by atoms with Gasteiger partial charge in [-0.25, -0.2) is 4.39 Å².